The first-order chi connectivity index (χ1) is 17.7. The number of nitrogens with one attached hydrogen (secondary N) is 1. The molecule has 37 heavy (non-hydrogen) atoms. The number of aliphatic hydroxyl groups is 1. The molecule has 0 saturated carbocycles. The second-order valence-corrected chi connectivity index (χ2v) is 8.20. The molecule has 0 unspecified atom stereocenters. The van der Waals surface area contributed by atoms with Crippen molar-refractivity contribution in [2.75, 3.05) is 20.3 Å². The number of benzene rings is 2. The normalized spacial score (nSPS) is 11.1. The number of ether oxygens (including phenoxy) is 3. The van der Waals surface area contributed by atoms with Crippen LogP contribution in [-0.4, -0.2) is 50.7 Å². The number of ketones is 1. The number of hydrogen-bond acceptors (Lipinski definition) is 8. The van der Waals surface area contributed by atoms with E-state index in [2.05, 4.69) is 15.0 Å². The van der Waals surface area contributed by atoms with Crippen LogP contribution in [0.5, 0.6) is 17.2 Å². The number of carbonyl (C=O) groups is 1. The van der Waals surface area contributed by atoms with Gasteiger partial charge in [-0.2, -0.15) is 0 Å². The van der Waals surface area contributed by atoms with Gasteiger partial charge in [0.2, 0.25) is 0 Å². The van der Waals surface area contributed by atoms with Crippen molar-refractivity contribution in [3.63, 3.8) is 0 Å². The minimum absolute atomic E-state index is 0.00242. The molecule has 0 saturated heterocycles. The van der Waals surface area contributed by atoms with E-state index in [1.807, 2.05) is 0 Å². The lowest BCUT2D eigenvalue weighted by molar-refractivity contribution is 0.101. The molecule has 2 aromatic heterocycles. The third-order valence-electron chi connectivity index (χ3n) is 5.33. The zero-order valence-corrected chi connectivity index (χ0v) is 20.7. The largest absolute Gasteiger partial charge is 0.496 e. The summed E-state index contributed by atoms with van der Waals surface area (Å²) in [6.45, 7) is 1.96. The first-order valence-corrected chi connectivity index (χ1v) is 11.3. The van der Waals surface area contributed by atoms with Crippen LogP contribution in [0.2, 0.25) is 5.02 Å². The summed E-state index contributed by atoms with van der Waals surface area (Å²) >= 11 is 6.49. The highest BCUT2D eigenvalue weighted by molar-refractivity contribution is 6.32. The number of aromatic amines is 1. The Bertz CT molecular complexity index is 1570. The van der Waals surface area contributed by atoms with Crippen LogP contribution in [0.15, 0.2) is 29.1 Å². The average molecular weight is 535 g/mol. The van der Waals surface area contributed by atoms with Crippen molar-refractivity contribution in [1.29, 1.82) is 0 Å². The number of hydrogen-bond donors (Lipinski definition) is 2. The standard InChI is InChI=1S/C24H21ClF2N4O6/c1-11(33)21-22-23(29-12(2)28-21)31(24(34)30-22)16-9-19(18(8-14(16)25)36-7-6-32)37-10-13-17(35-3)5-4-15(26)20(13)27/h4-5,8-9,32H,6-7,10H2,1-3H3,(H,30,34). The number of imidazole rings is 1. The van der Waals surface area contributed by atoms with Crippen molar-refractivity contribution in [1.82, 2.24) is 19.5 Å². The van der Waals surface area contributed by atoms with E-state index in [4.69, 9.17) is 25.8 Å². The highest BCUT2D eigenvalue weighted by Crippen LogP contribution is 2.37. The van der Waals surface area contributed by atoms with Crippen molar-refractivity contribution in [3.05, 3.63) is 68.5 Å². The zero-order chi connectivity index (χ0) is 26.9. The predicted octanol–water partition coefficient (Wildman–Crippen LogP) is 3.51. The quantitative estimate of drug-likeness (QED) is 0.312. The van der Waals surface area contributed by atoms with E-state index in [-0.39, 0.29) is 75.2 Å². The fourth-order valence-electron chi connectivity index (χ4n) is 3.70. The SMILES string of the molecule is COc1ccc(F)c(F)c1COc1cc(-n2c(=O)[nH]c3c(C(C)=O)nc(C)nc32)c(Cl)cc1OCCO. The Morgan fingerprint density at radius 1 is 1.16 bits per heavy atom. The highest BCUT2D eigenvalue weighted by Gasteiger charge is 2.22. The maximum Gasteiger partial charge on any atom is 0.332 e. The molecule has 10 nitrogen and oxygen atoms in total. The van der Waals surface area contributed by atoms with Crippen molar-refractivity contribution in [2.45, 2.75) is 20.5 Å². The summed E-state index contributed by atoms with van der Waals surface area (Å²) in [5.41, 5.74) is -0.504. The van der Waals surface area contributed by atoms with Crippen LogP contribution >= 0.6 is 11.6 Å². The lowest BCUT2D eigenvalue weighted by Crippen LogP contribution is -2.16. The minimum Gasteiger partial charge on any atom is -0.496 e. The molecular formula is C24H21ClF2N4O6. The molecule has 4 rings (SSSR count). The number of H-pyrrole nitrogens is 1. The molecule has 0 spiro atoms. The number of aliphatic hydroxyl groups excluding tert-OH is 1. The van der Waals surface area contributed by atoms with E-state index in [0.29, 0.717) is 0 Å². The topological polar surface area (TPSA) is 129 Å². The number of Topliss-reactive ketones (excluding diaryl/α,β-unsaturated/α-hetero) is 1. The van der Waals surface area contributed by atoms with Crippen LogP contribution < -0.4 is 19.9 Å². The molecule has 2 heterocycles. The summed E-state index contributed by atoms with van der Waals surface area (Å²) < 4.78 is 45.8. The number of methoxy groups -OCH3 is 1. The van der Waals surface area contributed by atoms with E-state index in [1.54, 1.807) is 6.92 Å². The molecule has 0 aliphatic heterocycles. The van der Waals surface area contributed by atoms with Crippen LogP contribution in [0.4, 0.5) is 8.78 Å². The lowest BCUT2D eigenvalue weighted by atomic mass is 10.2. The first kappa shape index (κ1) is 26.0. The van der Waals surface area contributed by atoms with Crippen LogP contribution in [-0.2, 0) is 6.61 Å². The predicted molar refractivity (Wildman–Crippen MR) is 129 cm³/mol. The van der Waals surface area contributed by atoms with E-state index >= 15 is 0 Å². The molecule has 0 aliphatic rings. The number of carbonyl (C=O) groups excluding carboxylic acids is 1. The van der Waals surface area contributed by atoms with Gasteiger partial charge in [0.1, 0.15) is 36.0 Å². The van der Waals surface area contributed by atoms with Gasteiger partial charge in [-0.1, -0.05) is 11.6 Å². The average Bonchev–Trinajstić information content (AvgIpc) is 3.18. The van der Waals surface area contributed by atoms with Crippen molar-refractivity contribution in [3.8, 4) is 22.9 Å². The molecule has 2 N–H and O–H groups in total. The van der Waals surface area contributed by atoms with Gasteiger partial charge in [-0.25, -0.2) is 28.1 Å². The third kappa shape index (κ3) is 4.98. The van der Waals surface area contributed by atoms with Gasteiger partial charge in [0.05, 0.1) is 30.0 Å². The second kappa shape index (κ2) is 10.5. The fourth-order valence-corrected chi connectivity index (χ4v) is 3.94. The zero-order valence-electron chi connectivity index (χ0n) is 19.9. The highest BCUT2D eigenvalue weighted by atomic mass is 35.5. The molecule has 0 amide bonds. The van der Waals surface area contributed by atoms with Gasteiger partial charge in [-0.05, 0) is 19.1 Å². The van der Waals surface area contributed by atoms with Gasteiger partial charge in [0, 0.05) is 19.1 Å². The maximum atomic E-state index is 14.5. The Labute approximate surface area is 213 Å². The summed E-state index contributed by atoms with van der Waals surface area (Å²) in [6.07, 6.45) is 0. The Hall–Kier alpha value is -4.03. The monoisotopic (exact) mass is 534 g/mol. The van der Waals surface area contributed by atoms with Gasteiger partial charge in [0.25, 0.3) is 0 Å². The fraction of sp³-hybridized carbons (Fsp3) is 0.250. The van der Waals surface area contributed by atoms with Gasteiger partial charge >= 0.3 is 5.69 Å². The van der Waals surface area contributed by atoms with Gasteiger partial charge < -0.3 is 24.3 Å². The first-order valence-electron chi connectivity index (χ1n) is 10.9. The Morgan fingerprint density at radius 2 is 1.89 bits per heavy atom. The number of halogens is 3. The molecule has 0 atom stereocenters. The number of aromatic nitrogens is 4. The maximum absolute atomic E-state index is 14.5. The molecule has 0 radical (unpaired) electrons. The Balaban J connectivity index is 1.86. The molecule has 0 fully saturated rings. The summed E-state index contributed by atoms with van der Waals surface area (Å²) in [7, 11) is 1.30. The van der Waals surface area contributed by atoms with Crippen LogP contribution in [0.3, 0.4) is 0 Å². The van der Waals surface area contributed by atoms with E-state index in [1.165, 1.54) is 32.2 Å². The molecule has 194 valence electrons. The van der Waals surface area contributed by atoms with E-state index in [0.717, 1.165) is 10.6 Å². The van der Waals surface area contributed by atoms with Gasteiger partial charge in [-0.15, -0.1) is 0 Å². The Morgan fingerprint density at radius 3 is 2.57 bits per heavy atom. The number of aryl methyl sites for hydroxylation is 1. The molecule has 2 aromatic carbocycles. The second-order valence-electron chi connectivity index (χ2n) is 7.79. The van der Waals surface area contributed by atoms with Crippen LogP contribution in [0.1, 0.15) is 28.8 Å². The van der Waals surface area contributed by atoms with Crippen molar-refractivity contribution < 1.29 is 32.9 Å². The molecule has 0 bridgehead atoms. The third-order valence-corrected chi connectivity index (χ3v) is 5.63. The van der Waals surface area contributed by atoms with Crippen molar-refractivity contribution in [2.24, 2.45) is 0 Å². The van der Waals surface area contributed by atoms with Gasteiger partial charge in [-0.3, -0.25) is 4.79 Å². The molecule has 13 heteroatoms. The lowest BCUT2D eigenvalue weighted by Gasteiger charge is -2.17. The smallest absolute Gasteiger partial charge is 0.332 e. The number of rotatable bonds is 9. The molecule has 0 aliphatic carbocycles. The molecule has 4 aromatic rings. The van der Waals surface area contributed by atoms with Crippen molar-refractivity contribution >= 4 is 28.5 Å². The van der Waals surface area contributed by atoms with Crippen LogP contribution in [0.25, 0.3) is 16.9 Å². The summed E-state index contributed by atoms with van der Waals surface area (Å²) in [5, 5.41) is 9.23. The van der Waals surface area contributed by atoms with Gasteiger partial charge in [0.15, 0.2) is 34.6 Å². The number of fused-ring (bicyclic) bond motifs is 1. The van der Waals surface area contributed by atoms with E-state index in [9.17, 15) is 23.5 Å². The number of nitrogens with zero attached hydrogens (tertiary/aromatic N) is 3. The summed E-state index contributed by atoms with van der Waals surface area (Å²) in [5.74, 6) is -2.24. The Kier molecular flexibility index (Phi) is 7.41. The minimum atomic E-state index is -1.15. The summed E-state index contributed by atoms with van der Waals surface area (Å²) in [4.78, 5) is 36.0. The van der Waals surface area contributed by atoms with Crippen LogP contribution in [0, 0.1) is 18.6 Å². The molecular weight excluding hydrogens is 514 g/mol. The summed E-state index contributed by atoms with van der Waals surface area (Å²) in [6, 6.07) is 4.87. The van der Waals surface area contributed by atoms with E-state index < -0.39 is 23.9 Å².